The topological polar surface area (TPSA) is 20.3 Å². The van der Waals surface area contributed by atoms with Crippen LogP contribution in [0.15, 0.2) is 0 Å². The lowest BCUT2D eigenvalue weighted by atomic mass is 9.83. The van der Waals surface area contributed by atoms with Crippen LogP contribution in [0.2, 0.25) is 0 Å². The molecule has 0 spiro atoms. The van der Waals surface area contributed by atoms with Crippen LogP contribution in [0, 0.1) is 11.8 Å². The van der Waals surface area contributed by atoms with E-state index >= 15 is 0 Å². The minimum atomic E-state index is 0.390. The van der Waals surface area contributed by atoms with E-state index in [4.69, 9.17) is 0 Å². The van der Waals surface area contributed by atoms with Crippen molar-refractivity contribution in [3.8, 4) is 0 Å². The van der Waals surface area contributed by atoms with E-state index < -0.39 is 0 Å². The van der Waals surface area contributed by atoms with Gasteiger partial charge in [-0.05, 0) is 25.7 Å². The molecule has 0 aliphatic carbocycles. The number of carbonyl (C=O) groups excluding carboxylic acids is 1. The monoisotopic (exact) mass is 223 g/mol. The Bertz CT molecular complexity index is 251. The quantitative estimate of drug-likeness (QED) is 0.633. The number of piperidine rings is 1. The maximum Gasteiger partial charge on any atom is 0.226 e. The third-order valence-corrected chi connectivity index (χ3v) is 4.55. The Morgan fingerprint density at radius 2 is 2.00 bits per heavy atom. The fourth-order valence-corrected chi connectivity index (χ4v) is 3.52. The molecule has 0 aromatic carbocycles. The number of hydrogen-bond acceptors (Lipinski definition) is 1. The lowest BCUT2D eigenvalue weighted by molar-refractivity contribution is -0.128. The molecular formula is C14H25NO. The first-order valence-corrected chi connectivity index (χ1v) is 7.06. The van der Waals surface area contributed by atoms with Crippen LogP contribution >= 0.6 is 0 Å². The zero-order valence-corrected chi connectivity index (χ0v) is 10.7. The van der Waals surface area contributed by atoms with Crippen LogP contribution in [0.3, 0.4) is 0 Å². The largest absolute Gasteiger partial charge is 0.339 e. The molecule has 2 aliphatic rings. The van der Waals surface area contributed by atoms with E-state index in [2.05, 4.69) is 18.7 Å². The van der Waals surface area contributed by atoms with Crippen LogP contribution in [-0.2, 0) is 4.79 Å². The van der Waals surface area contributed by atoms with Gasteiger partial charge in [-0.15, -0.1) is 0 Å². The van der Waals surface area contributed by atoms with Crippen molar-refractivity contribution in [2.75, 3.05) is 6.54 Å². The maximum absolute atomic E-state index is 11.8. The fraction of sp³-hybridized carbons (Fsp3) is 0.929. The van der Waals surface area contributed by atoms with Gasteiger partial charge in [0, 0.05) is 18.5 Å². The molecule has 2 heterocycles. The lowest BCUT2D eigenvalue weighted by Crippen LogP contribution is -2.33. The molecule has 2 heteroatoms. The molecule has 2 bridgehead atoms. The fourth-order valence-electron chi connectivity index (χ4n) is 3.52. The van der Waals surface area contributed by atoms with Gasteiger partial charge in [0.1, 0.15) is 0 Å². The lowest BCUT2D eigenvalue weighted by Gasteiger charge is -2.28. The van der Waals surface area contributed by atoms with Gasteiger partial charge in [-0.1, -0.05) is 39.0 Å². The van der Waals surface area contributed by atoms with Gasteiger partial charge >= 0.3 is 0 Å². The first kappa shape index (κ1) is 11.9. The van der Waals surface area contributed by atoms with Crippen LogP contribution in [-0.4, -0.2) is 23.4 Å². The summed E-state index contributed by atoms with van der Waals surface area (Å²) in [5, 5.41) is 0. The maximum atomic E-state index is 11.8. The average Bonchev–Trinajstić information content (AvgIpc) is 2.74. The number of amides is 1. The van der Waals surface area contributed by atoms with Crippen molar-refractivity contribution >= 4 is 5.91 Å². The standard InChI is InChI=1S/C14H25NO/c1-3-4-5-6-7-8-12-11(2)15-10-9-13(12)14(15)16/h11-13H,3-10H2,1-2H3. The zero-order valence-electron chi connectivity index (χ0n) is 10.7. The van der Waals surface area contributed by atoms with Crippen LogP contribution < -0.4 is 0 Å². The summed E-state index contributed by atoms with van der Waals surface area (Å²) in [5.74, 6) is 1.51. The van der Waals surface area contributed by atoms with Crippen molar-refractivity contribution < 1.29 is 4.79 Å². The molecule has 3 unspecified atom stereocenters. The van der Waals surface area contributed by atoms with Crippen molar-refractivity contribution in [3.05, 3.63) is 0 Å². The van der Waals surface area contributed by atoms with Crippen molar-refractivity contribution in [2.24, 2.45) is 11.8 Å². The van der Waals surface area contributed by atoms with Crippen LogP contribution in [0.1, 0.15) is 58.8 Å². The van der Waals surface area contributed by atoms with Crippen molar-refractivity contribution in [3.63, 3.8) is 0 Å². The van der Waals surface area contributed by atoms with Crippen LogP contribution in [0.5, 0.6) is 0 Å². The zero-order chi connectivity index (χ0) is 11.5. The van der Waals surface area contributed by atoms with Gasteiger partial charge in [0.15, 0.2) is 0 Å². The highest BCUT2D eigenvalue weighted by Crippen LogP contribution is 2.41. The summed E-state index contributed by atoms with van der Waals surface area (Å²) < 4.78 is 0. The molecule has 2 nitrogen and oxygen atoms in total. The Hall–Kier alpha value is -0.530. The normalized spacial score (nSPS) is 32.8. The predicted octanol–water partition coefficient (Wildman–Crippen LogP) is 3.21. The van der Waals surface area contributed by atoms with E-state index in [9.17, 15) is 4.79 Å². The van der Waals surface area contributed by atoms with E-state index in [0.717, 1.165) is 13.0 Å². The summed E-state index contributed by atoms with van der Waals surface area (Å²) >= 11 is 0. The number of nitrogens with zero attached hydrogens (tertiary/aromatic N) is 1. The minimum Gasteiger partial charge on any atom is -0.339 e. The number of fused-ring (bicyclic) bond motifs is 2. The van der Waals surface area contributed by atoms with Gasteiger partial charge < -0.3 is 4.90 Å². The van der Waals surface area contributed by atoms with E-state index in [0.29, 0.717) is 23.8 Å². The number of unbranched alkanes of at least 4 members (excludes halogenated alkanes) is 4. The number of rotatable bonds is 6. The van der Waals surface area contributed by atoms with Crippen LogP contribution in [0.4, 0.5) is 0 Å². The second-order valence-corrected chi connectivity index (χ2v) is 5.53. The molecular weight excluding hydrogens is 198 g/mol. The van der Waals surface area contributed by atoms with Gasteiger partial charge in [-0.3, -0.25) is 4.79 Å². The van der Waals surface area contributed by atoms with E-state index in [1.54, 1.807) is 0 Å². The Kier molecular flexibility index (Phi) is 3.88. The summed E-state index contributed by atoms with van der Waals surface area (Å²) in [6, 6.07) is 0.525. The van der Waals surface area contributed by atoms with Gasteiger partial charge in [0.25, 0.3) is 0 Å². The van der Waals surface area contributed by atoms with Crippen molar-refractivity contribution in [1.29, 1.82) is 0 Å². The van der Waals surface area contributed by atoms with Crippen molar-refractivity contribution in [1.82, 2.24) is 4.90 Å². The first-order chi connectivity index (χ1) is 7.75. The molecule has 2 fully saturated rings. The average molecular weight is 223 g/mol. The molecule has 0 aromatic heterocycles. The number of hydrogen-bond donors (Lipinski definition) is 0. The summed E-state index contributed by atoms with van der Waals surface area (Å²) in [4.78, 5) is 14.0. The molecule has 0 saturated carbocycles. The van der Waals surface area contributed by atoms with Crippen LogP contribution in [0.25, 0.3) is 0 Å². The molecule has 92 valence electrons. The van der Waals surface area contributed by atoms with Gasteiger partial charge in [0.05, 0.1) is 0 Å². The highest BCUT2D eigenvalue weighted by Gasteiger charge is 2.49. The van der Waals surface area contributed by atoms with E-state index in [1.807, 2.05) is 0 Å². The third-order valence-electron chi connectivity index (χ3n) is 4.55. The molecule has 2 saturated heterocycles. The molecule has 0 aromatic rings. The minimum absolute atomic E-state index is 0.390. The molecule has 0 N–H and O–H groups in total. The highest BCUT2D eigenvalue weighted by atomic mass is 16.2. The molecule has 2 aliphatic heterocycles. The Balaban J connectivity index is 1.72. The smallest absolute Gasteiger partial charge is 0.226 e. The summed E-state index contributed by atoms with van der Waals surface area (Å²) in [7, 11) is 0. The molecule has 2 rings (SSSR count). The van der Waals surface area contributed by atoms with Gasteiger partial charge in [0.2, 0.25) is 5.91 Å². The third kappa shape index (κ3) is 2.11. The van der Waals surface area contributed by atoms with E-state index in [-0.39, 0.29) is 0 Å². The number of carbonyl (C=O) groups is 1. The van der Waals surface area contributed by atoms with E-state index in [1.165, 1.54) is 38.5 Å². The molecule has 3 atom stereocenters. The van der Waals surface area contributed by atoms with Crippen molar-refractivity contribution in [2.45, 2.75) is 64.8 Å². The second kappa shape index (κ2) is 5.20. The van der Waals surface area contributed by atoms with Gasteiger partial charge in [-0.2, -0.15) is 0 Å². The predicted molar refractivity (Wildman–Crippen MR) is 66.1 cm³/mol. The molecule has 16 heavy (non-hydrogen) atoms. The Morgan fingerprint density at radius 3 is 2.62 bits per heavy atom. The highest BCUT2D eigenvalue weighted by molar-refractivity contribution is 5.84. The Morgan fingerprint density at radius 1 is 1.25 bits per heavy atom. The molecule has 1 amide bonds. The SMILES string of the molecule is CCCCCCCC1C2CCN(C2=O)C1C. The summed E-state index contributed by atoms with van der Waals surface area (Å²) in [5.41, 5.74) is 0. The first-order valence-electron chi connectivity index (χ1n) is 7.06. The summed E-state index contributed by atoms with van der Waals surface area (Å²) in [6.45, 7) is 5.52. The second-order valence-electron chi connectivity index (χ2n) is 5.53. The molecule has 0 radical (unpaired) electrons. The van der Waals surface area contributed by atoms with Gasteiger partial charge in [-0.25, -0.2) is 0 Å². The summed E-state index contributed by atoms with van der Waals surface area (Å²) in [6.07, 6.45) is 9.15. The Labute approximate surface area is 99.4 Å².